The van der Waals surface area contributed by atoms with Crippen LogP contribution in [-0.2, 0) is 0 Å². The van der Waals surface area contributed by atoms with Gasteiger partial charge in [0, 0.05) is 12.6 Å². The van der Waals surface area contributed by atoms with Crippen LogP contribution in [0.3, 0.4) is 0 Å². The highest BCUT2D eigenvalue weighted by Gasteiger charge is 2.34. The van der Waals surface area contributed by atoms with Crippen molar-refractivity contribution in [3.05, 3.63) is 0 Å². The van der Waals surface area contributed by atoms with Crippen LogP contribution in [0.4, 0.5) is 0 Å². The van der Waals surface area contributed by atoms with Crippen molar-refractivity contribution in [1.82, 2.24) is 4.90 Å². The number of nitriles is 1. The van der Waals surface area contributed by atoms with Crippen LogP contribution in [0, 0.1) is 16.7 Å². The van der Waals surface area contributed by atoms with Crippen molar-refractivity contribution >= 4 is 12.6 Å². The Morgan fingerprint density at radius 1 is 1.47 bits per heavy atom. The fourth-order valence-electron chi connectivity index (χ4n) is 2.46. The van der Waals surface area contributed by atoms with Crippen molar-refractivity contribution in [3.8, 4) is 6.07 Å². The van der Waals surface area contributed by atoms with Gasteiger partial charge in [-0.25, -0.2) is 0 Å². The molecule has 86 valence electrons. The molecule has 0 aliphatic heterocycles. The molecule has 1 aliphatic carbocycles. The maximum atomic E-state index is 8.68. The largest absolute Gasteiger partial charge is 0.302 e. The smallest absolute Gasteiger partial charge is 0.0638 e. The van der Waals surface area contributed by atoms with E-state index in [9.17, 15) is 0 Å². The Bertz CT molecular complexity index is 228. The molecule has 0 spiro atoms. The van der Waals surface area contributed by atoms with E-state index in [0.29, 0.717) is 17.9 Å². The van der Waals surface area contributed by atoms with Gasteiger partial charge in [-0.05, 0) is 38.0 Å². The molecule has 0 heterocycles. The first kappa shape index (κ1) is 12.9. The molecule has 1 atom stereocenters. The van der Waals surface area contributed by atoms with Gasteiger partial charge in [0.05, 0.1) is 12.5 Å². The highest BCUT2D eigenvalue weighted by atomic mass is 32.1. The van der Waals surface area contributed by atoms with E-state index < -0.39 is 0 Å². The zero-order chi connectivity index (χ0) is 11.3. The molecule has 0 amide bonds. The molecule has 0 N–H and O–H groups in total. The minimum atomic E-state index is 0.368. The molecule has 0 aromatic rings. The van der Waals surface area contributed by atoms with Crippen LogP contribution in [0.5, 0.6) is 0 Å². The summed E-state index contributed by atoms with van der Waals surface area (Å²) in [6, 6.07) is 2.61. The average molecular weight is 226 g/mol. The van der Waals surface area contributed by atoms with Gasteiger partial charge in [-0.1, -0.05) is 12.8 Å². The Morgan fingerprint density at radius 2 is 2.07 bits per heavy atom. The first-order valence-electron chi connectivity index (χ1n) is 5.81. The average Bonchev–Trinajstić information content (AvgIpc) is 2.67. The molecular formula is C12H22N2S. The lowest BCUT2D eigenvalue weighted by Gasteiger charge is -2.34. The molecule has 1 aliphatic rings. The summed E-state index contributed by atoms with van der Waals surface area (Å²) in [5.74, 6) is 0.983. The van der Waals surface area contributed by atoms with Gasteiger partial charge in [0.25, 0.3) is 0 Å². The van der Waals surface area contributed by atoms with E-state index >= 15 is 0 Å². The molecule has 1 unspecified atom stereocenters. The van der Waals surface area contributed by atoms with Crippen LogP contribution in [0.15, 0.2) is 0 Å². The van der Waals surface area contributed by atoms with Gasteiger partial charge in [0.2, 0.25) is 0 Å². The molecule has 2 nitrogen and oxygen atoms in total. The highest BCUT2D eigenvalue weighted by Crippen LogP contribution is 2.39. The number of nitrogens with zero attached hydrogens (tertiary/aromatic N) is 2. The van der Waals surface area contributed by atoms with Gasteiger partial charge in [-0.2, -0.15) is 17.9 Å². The zero-order valence-corrected chi connectivity index (χ0v) is 10.8. The predicted molar refractivity (Wildman–Crippen MR) is 67.1 cm³/mol. The van der Waals surface area contributed by atoms with Crippen LogP contribution in [0.1, 0.15) is 39.0 Å². The summed E-state index contributed by atoms with van der Waals surface area (Å²) in [6.07, 6.45) is 5.93. The molecule has 0 saturated heterocycles. The SMILES string of the molecule is CC(CC#N)N(C)CC1(CS)CCCC1. The minimum absolute atomic E-state index is 0.368. The van der Waals surface area contributed by atoms with Gasteiger partial charge in [0.15, 0.2) is 0 Å². The predicted octanol–water partition coefficient (Wildman–Crippen LogP) is 2.71. The summed E-state index contributed by atoms with van der Waals surface area (Å²) < 4.78 is 0. The maximum Gasteiger partial charge on any atom is 0.0638 e. The first-order valence-corrected chi connectivity index (χ1v) is 6.45. The Balaban J connectivity index is 2.48. The zero-order valence-electron chi connectivity index (χ0n) is 9.87. The quantitative estimate of drug-likeness (QED) is 0.730. The van der Waals surface area contributed by atoms with Crippen molar-refractivity contribution in [1.29, 1.82) is 5.26 Å². The fourth-order valence-corrected chi connectivity index (χ4v) is 2.88. The maximum absolute atomic E-state index is 8.68. The third-order valence-corrected chi connectivity index (χ3v) is 4.39. The van der Waals surface area contributed by atoms with E-state index in [2.05, 4.69) is 37.6 Å². The minimum Gasteiger partial charge on any atom is -0.302 e. The summed E-state index contributed by atoms with van der Waals surface area (Å²) in [5.41, 5.74) is 0.418. The lowest BCUT2D eigenvalue weighted by Crippen LogP contribution is -2.39. The third-order valence-electron chi connectivity index (χ3n) is 3.72. The molecule has 1 fully saturated rings. The number of hydrogen-bond acceptors (Lipinski definition) is 3. The van der Waals surface area contributed by atoms with E-state index in [4.69, 9.17) is 5.26 Å². The molecule has 0 radical (unpaired) electrons. The second-order valence-corrected chi connectivity index (χ2v) is 5.31. The molecule has 3 heteroatoms. The van der Waals surface area contributed by atoms with Crippen molar-refractivity contribution in [2.45, 2.75) is 45.1 Å². The van der Waals surface area contributed by atoms with Crippen LogP contribution in [-0.4, -0.2) is 30.3 Å². The van der Waals surface area contributed by atoms with E-state index in [1.807, 2.05) is 0 Å². The Morgan fingerprint density at radius 3 is 2.53 bits per heavy atom. The molecule has 0 aromatic heterocycles. The molecule has 1 rings (SSSR count). The number of rotatable bonds is 5. The van der Waals surface area contributed by atoms with Crippen molar-refractivity contribution < 1.29 is 0 Å². The Labute approximate surface area is 99.1 Å². The van der Waals surface area contributed by atoms with Crippen molar-refractivity contribution in [2.75, 3.05) is 19.3 Å². The molecular weight excluding hydrogens is 204 g/mol. The van der Waals surface area contributed by atoms with Gasteiger partial charge in [-0.3, -0.25) is 0 Å². The van der Waals surface area contributed by atoms with Crippen LogP contribution >= 0.6 is 12.6 Å². The van der Waals surface area contributed by atoms with Crippen molar-refractivity contribution in [3.63, 3.8) is 0 Å². The molecule has 1 saturated carbocycles. The Hall–Kier alpha value is -0.200. The first-order chi connectivity index (χ1) is 7.13. The van der Waals surface area contributed by atoms with Crippen molar-refractivity contribution in [2.24, 2.45) is 5.41 Å². The number of hydrogen-bond donors (Lipinski definition) is 1. The summed E-state index contributed by atoms with van der Waals surface area (Å²) >= 11 is 4.50. The fraction of sp³-hybridized carbons (Fsp3) is 0.917. The monoisotopic (exact) mass is 226 g/mol. The molecule has 0 aromatic carbocycles. The summed E-state index contributed by atoms with van der Waals surface area (Å²) in [7, 11) is 2.13. The summed E-state index contributed by atoms with van der Waals surface area (Å²) in [6.45, 7) is 3.23. The lowest BCUT2D eigenvalue weighted by atomic mass is 9.87. The standard InChI is InChI=1S/C12H22N2S/c1-11(5-8-13)14(2)9-12(10-15)6-3-4-7-12/h11,15H,3-7,9-10H2,1-2H3. The van der Waals surface area contributed by atoms with Gasteiger partial charge in [-0.15, -0.1) is 0 Å². The summed E-state index contributed by atoms with van der Waals surface area (Å²) in [4.78, 5) is 2.32. The lowest BCUT2D eigenvalue weighted by molar-refractivity contribution is 0.164. The normalized spacial score (nSPS) is 21.5. The topological polar surface area (TPSA) is 27.0 Å². The van der Waals surface area contributed by atoms with Gasteiger partial charge >= 0.3 is 0 Å². The summed E-state index contributed by atoms with van der Waals surface area (Å²) in [5, 5.41) is 8.68. The van der Waals surface area contributed by atoms with Crippen LogP contribution < -0.4 is 0 Å². The van der Waals surface area contributed by atoms with E-state index in [-0.39, 0.29) is 0 Å². The molecule has 0 bridgehead atoms. The van der Waals surface area contributed by atoms with E-state index in [1.165, 1.54) is 25.7 Å². The van der Waals surface area contributed by atoms with E-state index in [1.54, 1.807) is 0 Å². The Kier molecular flexibility index (Phi) is 4.95. The van der Waals surface area contributed by atoms with Gasteiger partial charge in [0.1, 0.15) is 0 Å². The van der Waals surface area contributed by atoms with Crippen LogP contribution in [0.25, 0.3) is 0 Å². The molecule has 15 heavy (non-hydrogen) atoms. The third kappa shape index (κ3) is 3.39. The van der Waals surface area contributed by atoms with Crippen LogP contribution in [0.2, 0.25) is 0 Å². The van der Waals surface area contributed by atoms with E-state index in [0.717, 1.165) is 12.3 Å². The second kappa shape index (κ2) is 5.77. The second-order valence-electron chi connectivity index (χ2n) is 4.99. The van der Waals surface area contributed by atoms with Gasteiger partial charge < -0.3 is 4.90 Å². The highest BCUT2D eigenvalue weighted by molar-refractivity contribution is 7.80. The number of thiol groups is 1.